The Balaban J connectivity index is 1.78. The number of carbonyl (C=O) groups is 3. The van der Waals surface area contributed by atoms with Gasteiger partial charge in [0.1, 0.15) is 23.4 Å². The summed E-state index contributed by atoms with van der Waals surface area (Å²) in [6, 6.07) is 4.56. The molecule has 0 unspecified atom stereocenters. The van der Waals surface area contributed by atoms with Crippen LogP contribution in [0.1, 0.15) is 52.5 Å². The van der Waals surface area contributed by atoms with E-state index in [-0.39, 0.29) is 42.4 Å². The van der Waals surface area contributed by atoms with Gasteiger partial charge in [-0.15, -0.1) is 13.2 Å². The number of carbonyl (C=O) groups excluding carboxylic acids is 3. The Morgan fingerprint density at radius 2 is 2.08 bits per heavy atom. The molecule has 0 bridgehead atoms. The molecule has 0 aromatic carbocycles. The summed E-state index contributed by atoms with van der Waals surface area (Å²) in [6.45, 7) is 1.37. The summed E-state index contributed by atoms with van der Waals surface area (Å²) in [6.07, 6.45) is -1.55. The highest BCUT2D eigenvalue weighted by molar-refractivity contribution is 6.01. The van der Waals surface area contributed by atoms with Crippen LogP contribution in [0.25, 0.3) is 0 Å². The van der Waals surface area contributed by atoms with Crippen LogP contribution in [0.15, 0.2) is 18.3 Å². The fraction of sp³-hybridized carbons (Fsp3) is 0.417. The van der Waals surface area contributed by atoms with Crippen molar-refractivity contribution in [3.63, 3.8) is 0 Å². The van der Waals surface area contributed by atoms with Crippen molar-refractivity contribution in [3.8, 4) is 6.07 Å². The fourth-order valence-corrected chi connectivity index (χ4v) is 3.85. The minimum absolute atomic E-state index is 0.00460. The van der Waals surface area contributed by atoms with Crippen molar-refractivity contribution >= 4 is 29.9 Å². The number of rotatable bonds is 8. The zero-order chi connectivity index (χ0) is 27.2. The zero-order valence-corrected chi connectivity index (χ0v) is 20.3. The summed E-state index contributed by atoms with van der Waals surface area (Å²) in [5, 5.41) is 11.9. The summed E-state index contributed by atoms with van der Waals surface area (Å²) in [7, 11) is 1.61. The first kappa shape index (κ1) is 27.5. The SMILES string of the molecule is CC(=O)N(C)Cc1cc2c(nc1C=O)N(C(=O)Nc1cc(CCCOC(F)(F)F)c(C#N)cn1)CCC2. The van der Waals surface area contributed by atoms with Gasteiger partial charge in [-0.05, 0) is 48.9 Å². The third kappa shape index (κ3) is 7.23. The van der Waals surface area contributed by atoms with Gasteiger partial charge in [0.2, 0.25) is 5.91 Å². The van der Waals surface area contributed by atoms with Crippen molar-refractivity contribution in [2.45, 2.75) is 45.5 Å². The Kier molecular flexibility index (Phi) is 8.77. The van der Waals surface area contributed by atoms with Crippen LogP contribution in [-0.2, 0) is 28.9 Å². The van der Waals surface area contributed by atoms with Crippen molar-refractivity contribution in [2.75, 3.05) is 30.4 Å². The predicted molar refractivity (Wildman–Crippen MR) is 126 cm³/mol. The number of nitrogens with one attached hydrogen (secondary N) is 1. The first-order valence-electron chi connectivity index (χ1n) is 11.4. The van der Waals surface area contributed by atoms with Crippen molar-refractivity contribution in [1.82, 2.24) is 14.9 Å². The molecular formula is C24H25F3N6O4. The molecule has 0 aliphatic carbocycles. The molecule has 0 spiro atoms. The molecule has 196 valence electrons. The third-order valence-electron chi connectivity index (χ3n) is 5.78. The molecule has 1 aliphatic heterocycles. The Morgan fingerprint density at radius 3 is 2.73 bits per heavy atom. The molecule has 37 heavy (non-hydrogen) atoms. The molecular weight excluding hydrogens is 493 g/mol. The van der Waals surface area contributed by atoms with E-state index in [2.05, 4.69) is 20.0 Å². The molecule has 0 saturated heterocycles. The Bertz CT molecular complexity index is 1230. The van der Waals surface area contributed by atoms with Gasteiger partial charge in [0.15, 0.2) is 6.29 Å². The standard InChI is InChI=1S/C24H25F3N6O4/c1-15(35)32(2)13-18-9-17-5-3-7-33(22(17)30-20(18)14-34)23(36)31-21-10-16(19(11-28)12-29-21)6-4-8-37-24(25,26)27/h9-10,12,14H,3-8,13H2,1-2H3,(H,29,31,36). The molecule has 1 aliphatic rings. The molecule has 0 fully saturated rings. The molecule has 0 radical (unpaired) electrons. The summed E-state index contributed by atoms with van der Waals surface area (Å²) < 4.78 is 40.4. The fourth-order valence-electron chi connectivity index (χ4n) is 3.85. The summed E-state index contributed by atoms with van der Waals surface area (Å²) in [5.41, 5.74) is 2.03. The number of aldehydes is 1. The topological polar surface area (TPSA) is 129 Å². The number of hydrogen-bond donors (Lipinski definition) is 1. The van der Waals surface area contributed by atoms with Gasteiger partial charge in [-0.1, -0.05) is 0 Å². The average molecular weight is 518 g/mol. The molecule has 10 nitrogen and oxygen atoms in total. The minimum atomic E-state index is -4.73. The van der Waals surface area contributed by atoms with Gasteiger partial charge in [-0.25, -0.2) is 14.8 Å². The number of nitrogens with zero attached hydrogens (tertiary/aromatic N) is 5. The number of hydrogen-bond acceptors (Lipinski definition) is 7. The molecule has 2 aromatic rings. The normalized spacial score (nSPS) is 12.9. The molecule has 13 heteroatoms. The number of aryl methyl sites for hydroxylation is 2. The van der Waals surface area contributed by atoms with Crippen LogP contribution in [0.2, 0.25) is 0 Å². The van der Waals surface area contributed by atoms with Crippen LogP contribution in [-0.4, -0.2) is 59.7 Å². The maximum atomic E-state index is 13.1. The van der Waals surface area contributed by atoms with E-state index in [1.165, 1.54) is 29.0 Å². The molecule has 3 heterocycles. The van der Waals surface area contributed by atoms with Crippen LogP contribution < -0.4 is 10.2 Å². The summed E-state index contributed by atoms with van der Waals surface area (Å²) in [4.78, 5) is 47.7. The van der Waals surface area contributed by atoms with Gasteiger partial charge in [-0.3, -0.25) is 24.5 Å². The first-order valence-corrected chi connectivity index (χ1v) is 11.4. The van der Waals surface area contributed by atoms with E-state index in [0.29, 0.717) is 42.6 Å². The smallest absolute Gasteiger partial charge is 0.342 e. The number of halogens is 3. The number of amides is 3. The lowest BCUT2D eigenvalue weighted by Gasteiger charge is -2.29. The predicted octanol–water partition coefficient (Wildman–Crippen LogP) is 3.59. The molecule has 1 N–H and O–H groups in total. The van der Waals surface area contributed by atoms with Crippen molar-refractivity contribution < 1.29 is 32.3 Å². The Hall–Kier alpha value is -4.05. The van der Waals surface area contributed by atoms with E-state index in [1.54, 1.807) is 13.1 Å². The second-order valence-electron chi connectivity index (χ2n) is 8.43. The number of urea groups is 1. The molecule has 3 rings (SSSR count). The third-order valence-corrected chi connectivity index (χ3v) is 5.78. The van der Waals surface area contributed by atoms with E-state index in [9.17, 15) is 32.8 Å². The highest BCUT2D eigenvalue weighted by atomic mass is 19.4. The molecule has 0 saturated carbocycles. The largest absolute Gasteiger partial charge is 0.522 e. The van der Waals surface area contributed by atoms with Crippen LogP contribution >= 0.6 is 0 Å². The van der Waals surface area contributed by atoms with Gasteiger partial charge in [0, 0.05) is 38.8 Å². The zero-order valence-electron chi connectivity index (χ0n) is 20.3. The van der Waals surface area contributed by atoms with Gasteiger partial charge < -0.3 is 4.90 Å². The van der Waals surface area contributed by atoms with Crippen LogP contribution in [0, 0.1) is 11.3 Å². The van der Waals surface area contributed by atoms with Gasteiger partial charge in [-0.2, -0.15) is 5.26 Å². The summed E-state index contributed by atoms with van der Waals surface area (Å²) >= 11 is 0. The minimum Gasteiger partial charge on any atom is -0.342 e. The number of pyridine rings is 2. The quantitative estimate of drug-likeness (QED) is 0.418. The molecule has 0 atom stereocenters. The van der Waals surface area contributed by atoms with Gasteiger partial charge >= 0.3 is 12.4 Å². The van der Waals surface area contributed by atoms with E-state index >= 15 is 0 Å². The van der Waals surface area contributed by atoms with E-state index in [4.69, 9.17) is 0 Å². The van der Waals surface area contributed by atoms with Crippen molar-refractivity contribution in [2.24, 2.45) is 0 Å². The van der Waals surface area contributed by atoms with Gasteiger partial charge in [0.25, 0.3) is 0 Å². The van der Waals surface area contributed by atoms with Crippen LogP contribution in [0.3, 0.4) is 0 Å². The highest BCUT2D eigenvalue weighted by Crippen LogP contribution is 2.28. The molecule has 3 amide bonds. The number of fused-ring (bicyclic) bond motifs is 1. The van der Waals surface area contributed by atoms with Crippen LogP contribution in [0.4, 0.5) is 29.6 Å². The number of anilines is 2. The van der Waals surface area contributed by atoms with Crippen molar-refractivity contribution in [1.29, 1.82) is 5.26 Å². The highest BCUT2D eigenvalue weighted by Gasteiger charge is 2.29. The summed E-state index contributed by atoms with van der Waals surface area (Å²) in [5.74, 6) is 0.258. The number of nitriles is 1. The Morgan fingerprint density at radius 1 is 1.32 bits per heavy atom. The lowest BCUT2D eigenvalue weighted by Crippen LogP contribution is -2.40. The lowest BCUT2D eigenvalue weighted by atomic mass is 10.0. The number of ether oxygens (including phenoxy) is 1. The number of aromatic nitrogens is 2. The second-order valence-corrected chi connectivity index (χ2v) is 8.43. The molecule has 2 aromatic heterocycles. The van der Waals surface area contributed by atoms with Crippen molar-refractivity contribution in [3.05, 3.63) is 46.3 Å². The monoisotopic (exact) mass is 518 g/mol. The van der Waals surface area contributed by atoms with E-state index in [0.717, 1.165) is 5.56 Å². The average Bonchev–Trinajstić information content (AvgIpc) is 2.85. The Labute approximate surface area is 211 Å². The maximum Gasteiger partial charge on any atom is 0.522 e. The first-order chi connectivity index (χ1) is 17.5. The van der Waals surface area contributed by atoms with E-state index < -0.39 is 19.0 Å². The number of alkyl halides is 3. The van der Waals surface area contributed by atoms with E-state index in [1.807, 2.05) is 6.07 Å². The maximum absolute atomic E-state index is 13.1. The second kappa shape index (κ2) is 11.8. The van der Waals surface area contributed by atoms with Crippen LogP contribution in [0.5, 0.6) is 0 Å². The van der Waals surface area contributed by atoms with Gasteiger partial charge in [0.05, 0.1) is 12.2 Å². The lowest BCUT2D eigenvalue weighted by molar-refractivity contribution is -0.324.